The molecule has 0 bridgehead atoms. The van der Waals surface area contributed by atoms with Crippen LogP contribution in [0.4, 0.5) is 0 Å². The second kappa shape index (κ2) is 7.27. The van der Waals surface area contributed by atoms with Crippen LogP contribution < -0.4 is 5.32 Å². The molecule has 1 unspecified atom stereocenters. The zero-order valence-electron chi connectivity index (χ0n) is 12.9. The van der Waals surface area contributed by atoms with Gasteiger partial charge in [-0.2, -0.15) is 0 Å². The number of aliphatic hydroxyl groups is 1. The lowest BCUT2D eigenvalue weighted by molar-refractivity contribution is 0.0516. The highest BCUT2D eigenvalue weighted by molar-refractivity contribution is 5.80. The Morgan fingerprint density at radius 3 is 2.85 bits per heavy atom. The Bertz CT molecular complexity index is 327. The Morgan fingerprint density at radius 2 is 2.20 bits per heavy atom. The van der Waals surface area contributed by atoms with Gasteiger partial charge in [-0.15, -0.1) is 0 Å². The molecule has 1 aliphatic heterocycles. The van der Waals surface area contributed by atoms with E-state index in [1.54, 1.807) is 0 Å². The summed E-state index contributed by atoms with van der Waals surface area (Å²) in [5.41, 5.74) is -0.527. The fourth-order valence-electron chi connectivity index (χ4n) is 3.23. The zero-order valence-corrected chi connectivity index (χ0v) is 12.9. The number of hydrogen-bond acceptors (Lipinski definition) is 3. The second-order valence-electron chi connectivity index (χ2n) is 6.09. The van der Waals surface area contributed by atoms with Gasteiger partial charge in [0.2, 0.25) is 0 Å². The van der Waals surface area contributed by atoms with Crippen molar-refractivity contribution >= 4 is 5.96 Å². The average Bonchev–Trinajstić information content (AvgIpc) is 3.07. The number of guanidine groups is 1. The summed E-state index contributed by atoms with van der Waals surface area (Å²) in [6.07, 6.45) is 5.24. The van der Waals surface area contributed by atoms with Gasteiger partial charge in [0.05, 0.1) is 12.2 Å². The number of likely N-dealkylation sites (tertiary alicyclic amines) is 1. The van der Waals surface area contributed by atoms with Gasteiger partial charge >= 0.3 is 0 Å². The molecule has 0 radical (unpaired) electrons. The summed E-state index contributed by atoms with van der Waals surface area (Å²) in [6.45, 7) is 6.31. The minimum Gasteiger partial charge on any atom is -0.388 e. The lowest BCUT2D eigenvalue weighted by Gasteiger charge is -2.27. The molecule has 5 heteroatoms. The summed E-state index contributed by atoms with van der Waals surface area (Å²) in [7, 11) is 1.82. The Kier molecular flexibility index (Phi) is 5.66. The largest absolute Gasteiger partial charge is 0.388 e. The van der Waals surface area contributed by atoms with Gasteiger partial charge < -0.3 is 20.1 Å². The molecule has 2 fully saturated rings. The number of nitrogens with zero attached hydrogens (tertiary/aromatic N) is 2. The molecule has 0 amide bonds. The molecule has 2 N–H and O–H groups in total. The van der Waals surface area contributed by atoms with Crippen molar-refractivity contribution in [1.82, 2.24) is 10.2 Å². The van der Waals surface area contributed by atoms with Crippen molar-refractivity contribution in [3.8, 4) is 0 Å². The monoisotopic (exact) mass is 283 g/mol. The van der Waals surface area contributed by atoms with Crippen molar-refractivity contribution in [1.29, 1.82) is 0 Å². The third-order valence-electron chi connectivity index (χ3n) is 4.46. The molecule has 20 heavy (non-hydrogen) atoms. The van der Waals surface area contributed by atoms with E-state index in [-0.39, 0.29) is 0 Å². The fraction of sp³-hybridized carbons (Fsp3) is 0.933. The number of hydrogen-bond donors (Lipinski definition) is 2. The van der Waals surface area contributed by atoms with E-state index >= 15 is 0 Å². The molecule has 0 aromatic rings. The quantitative estimate of drug-likeness (QED) is 0.588. The molecule has 2 rings (SSSR count). The number of nitrogens with one attached hydrogen (secondary N) is 1. The van der Waals surface area contributed by atoms with E-state index in [9.17, 15) is 5.11 Å². The summed E-state index contributed by atoms with van der Waals surface area (Å²) < 4.78 is 5.51. The summed E-state index contributed by atoms with van der Waals surface area (Å²) in [4.78, 5) is 6.64. The summed E-state index contributed by atoms with van der Waals surface area (Å²) in [6, 6.07) is 0. The Morgan fingerprint density at radius 1 is 1.45 bits per heavy atom. The molecular weight excluding hydrogens is 254 g/mol. The van der Waals surface area contributed by atoms with E-state index in [2.05, 4.69) is 15.2 Å². The highest BCUT2D eigenvalue weighted by atomic mass is 16.5. The van der Waals surface area contributed by atoms with E-state index in [4.69, 9.17) is 4.74 Å². The first-order chi connectivity index (χ1) is 9.67. The molecular formula is C15H29N3O2. The van der Waals surface area contributed by atoms with Crippen LogP contribution in [0.3, 0.4) is 0 Å². The smallest absolute Gasteiger partial charge is 0.193 e. The maximum absolute atomic E-state index is 10.4. The van der Waals surface area contributed by atoms with E-state index in [1.807, 2.05) is 14.0 Å². The van der Waals surface area contributed by atoms with Crippen LogP contribution in [0.15, 0.2) is 4.99 Å². The molecule has 0 spiro atoms. The van der Waals surface area contributed by atoms with E-state index in [0.717, 1.165) is 64.4 Å². The zero-order chi connectivity index (χ0) is 14.4. The fourth-order valence-corrected chi connectivity index (χ4v) is 3.23. The van der Waals surface area contributed by atoms with E-state index in [0.29, 0.717) is 12.5 Å². The van der Waals surface area contributed by atoms with Crippen LogP contribution in [-0.4, -0.2) is 61.5 Å². The Hall–Kier alpha value is -0.810. The molecule has 0 aromatic carbocycles. The van der Waals surface area contributed by atoms with Crippen LogP contribution in [0.25, 0.3) is 0 Å². The van der Waals surface area contributed by atoms with Crippen molar-refractivity contribution < 1.29 is 9.84 Å². The molecule has 1 heterocycles. The molecule has 1 aliphatic carbocycles. The van der Waals surface area contributed by atoms with Gasteiger partial charge in [0.1, 0.15) is 0 Å². The molecule has 0 aromatic heterocycles. The highest BCUT2D eigenvalue weighted by Crippen LogP contribution is 2.28. The molecule has 1 saturated carbocycles. The first-order valence-corrected chi connectivity index (χ1v) is 7.92. The predicted molar refractivity (Wildman–Crippen MR) is 81.0 cm³/mol. The molecule has 5 nitrogen and oxygen atoms in total. The van der Waals surface area contributed by atoms with Gasteiger partial charge in [-0.1, -0.05) is 12.8 Å². The third-order valence-corrected chi connectivity index (χ3v) is 4.46. The number of aliphatic imine (C=N–C) groups is 1. The topological polar surface area (TPSA) is 57.1 Å². The molecule has 2 aliphatic rings. The van der Waals surface area contributed by atoms with Gasteiger partial charge in [0.15, 0.2) is 5.96 Å². The van der Waals surface area contributed by atoms with Crippen LogP contribution in [0, 0.1) is 5.92 Å². The normalized spacial score (nSPS) is 26.2. The van der Waals surface area contributed by atoms with Crippen molar-refractivity contribution in [2.24, 2.45) is 10.9 Å². The van der Waals surface area contributed by atoms with E-state index < -0.39 is 5.60 Å². The van der Waals surface area contributed by atoms with Gasteiger partial charge in [0.25, 0.3) is 0 Å². The maximum Gasteiger partial charge on any atom is 0.193 e. The van der Waals surface area contributed by atoms with Gasteiger partial charge in [-0.05, 0) is 26.2 Å². The third kappa shape index (κ3) is 4.09. The second-order valence-corrected chi connectivity index (χ2v) is 6.09. The standard InChI is InChI=1S/C15H29N3O2/c1-3-20-11-13-6-9-18(10-13)14(16-2)17-12-15(19)7-4-5-8-15/h13,19H,3-12H2,1-2H3,(H,16,17). The Labute approximate surface area is 122 Å². The summed E-state index contributed by atoms with van der Waals surface area (Å²) in [5.74, 6) is 1.52. The lowest BCUT2D eigenvalue weighted by atomic mass is 10.0. The minimum atomic E-state index is -0.527. The molecule has 1 atom stereocenters. The molecule has 116 valence electrons. The SMILES string of the molecule is CCOCC1CCN(C(=NC)NCC2(O)CCCC2)C1. The van der Waals surface area contributed by atoms with Crippen LogP contribution in [0.2, 0.25) is 0 Å². The van der Waals surface area contributed by atoms with Crippen LogP contribution in [0.5, 0.6) is 0 Å². The first-order valence-electron chi connectivity index (χ1n) is 7.92. The van der Waals surface area contributed by atoms with Crippen molar-refractivity contribution in [2.45, 2.75) is 44.6 Å². The first kappa shape index (κ1) is 15.6. The maximum atomic E-state index is 10.4. The lowest BCUT2D eigenvalue weighted by Crippen LogP contribution is -2.47. The number of rotatable bonds is 5. The van der Waals surface area contributed by atoms with Crippen LogP contribution in [0.1, 0.15) is 39.0 Å². The predicted octanol–water partition coefficient (Wildman–Crippen LogP) is 1.23. The van der Waals surface area contributed by atoms with Gasteiger partial charge in [-0.25, -0.2) is 0 Å². The highest BCUT2D eigenvalue weighted by Gasteiger charge is 2.32. The van der Waals surface area contributed by atoms with Crippen LogP contribution in [-0.2, 0) is 4.74 Å². The van der Waals surface area contributed by atoms with Crippen LogP contribution >= 0.6 is 0 Å². The molecule has 1 saturated heterocycles. The van der Waals surface area contributed by atoms with Gasteiger partial charge in [-0.3, -0.25) is 4.99 Å². The average molecular weight is 283 g/mol. The summed E-state index contributed by atoms with van der Waals surface area (Å²) >= 11 is 0. The van der Waals surface area contributed by atoms with Crippen molar-refractivity contribution in [3.63, 3.8) is 0 Å². The Balaban J connectivity index is 1.78. The number of ether oxygens (including phenoxy) is 1. The van der Waals surface area contributed by atoms with Gasteiger partial charge in [0, 0.05) is 39.2 Å². The summed E-state index contributed by atoms with van der Waals surface area (Å²) in [5, 5.41) is 13.7. The van der Waals surface area contributed by atoms with Crippen molar-refractivity contribution in [2.75, 3.05) is 39.9 Å². The van der Waals surface area contributed by atoms with E-state index in [1.165, 1.54) is 0 Å². The minimum absolute atomic E-state index is 0.527. The van der Waals surface area contributed by atoms with Crippen molar-refractivity contribution in [3.05, 3.63) is 0 Å².